The minimum absolute atomic E-state index is 0.329. The van der Waals surface area contributed by atoms with Gasteiger partial charge in [0.1, 0.15) is 0 Å². The zero-order valence-corrected chi connectivity index (χ0v) is 18.5. The lowest BCUT2D eigenvalue weighted by atomic mass is 10.1. The number of morpholine rings is 1. The van der Waals surface area contributed by atoms with Gasteiger partial charge in [0.25, 0.3) is 0 Å². The molecule has 2 atom stereocenters. The molecule has 0 radical (unpaired) electrons. The summed E-state index contributed by atoms with van der Waals surface area (Å²) in [6.45, 7) is 13.0. The standard InChI is InChI=1S/C22H36N4OS/c1-4-23-21(25-17-22(3)9-6-12-28-22)24-14-19-7-5-8-20(13-19)16-26-10-11-27-18(2)15-26/h5,7-8,13,18H,4,6,9-12,14-17H2,1-3H3,(H2,23,24,25). The summed E-state index contributed by atoms with van der Waals surface area (Å²) in [5.41, 5.74) is 2.62. The summed E-state index contributed by atoms with van der Waals surface area (Å²) in [5, 5.41) is 6.94. The fourth-order valence-electron chi connectivity index (χ4n) is 3.88. The van der Waals surface area contributed by atoms with E-state index in [0.717, 1.165) is 45.3 Å². The van der Waals surface area contributed by atoms with E-state index in [9.17, 15) is 0 Å². The maximum absolute atomic E-state index is 5.65. The molecule has 1 aromatic rings. The lowest BCUT2D eigenvalue weighted by molar-refractivity contribution is -0.0212. The Kier molecular flexibility index (Phi) is 8.06. The van der Waals surface area contributed by atoms with Crippen LogP contribution in [0.15, 0.2) is 29.3 Å². The van der Waals surface area contributed by atoms with Gasteiger partial charge < -0.3 is 15.4 Å². The maximum atomic E-state index is 5.65. The van der Waals surface area contributed by atoms with Crippen molar-refractivity contribution in [3.63, 3.8) is 0 Å². The van der Waals surface area contributed by atoms with Crippen molar-refractivity contribution in [1.29, 1.82) is 0 Å². The van der Waals surface area contributed by atoms with Crippen molar-refractivity contribution in [3.05, 3.63) is 35.4 Å². The van der Waals surface area contributed by atoms with Gasteiger partial charge in [0.15, 0.2) is 5.96 Å². The molecule has 0 saturated carbocycles. The Morgan fingerprint density at radius 1 is 1.36 bits per heavy atom. The second-order valence-corrected chi connectivity index (χ2v) is 9.87. The number of guanidine groups is 1. The molecule has 0 aromatic heterocycles. The number of nitrogens with one attached hydrogen (secondary N) is 2. The molecule has 2 heterocycles. The molecule has 0 bridgehead atoms. The summed E-state index contributed by atoms with van der Waals surface area (Å²) in [4.78, 5) is 7.30. The molecule has 2 aliphatic heterocycles. The second kappa shape index (κ2) is 10.5. The summed E-state index contributed by atoms with van der Waals surface area (Å²) >= 11 is 2.08. The number of hydrogen-bond donors (Lipinski definition) is 2. The van der Waals surface area contributed by atoms with Crippen LogP contribution >= 0.6 is 11.8 Å². The molecule has 2 N–H and O–H groups in total. The average Bonchev–Trinajstić information content (AvgIpc) is 3.11. The SMILES string of the molecule is CCNC(=NCc1cccc(CN2CCOC(C)C2)c1)NCC1(C)CCCS1. The van der Waals surface area contributed by atoms with E-state index < -0.39 is 0 Å². The van der Waals surface area contributed by atoms with E-state index in [0.29, 0.717) is 17.4 Å². The Labute approximate surface area is 174 Å². The highest BCUT2D eigenvalue weighted by Gasteiger charge is 2.29. The van der Waals surface area contributed by atoms with Gasteiger partial charge in [-0.25, -0.2) is 4.99 Å². The second-order valence-electron chi connectivity index (χ2n) is 8.19. The van der Waals surface area contributed by atoms with Crippen molar-refractivity contribution < 1.29 is 4.74 Å². The van der Waals surface area contributed by atoms with Crippen molar-refractivity contribution in [2.24, 2.45) is 4.99 Å². The molecule has 5 nitrogen and oxygen atoms in total. The van der Waals surface area contributed by atoms with Gasteiger partial charge in [-0.2, -0.15) is 11.8 Å². The quantitative estimate of drug-likeness (QED) is 0.540. The Balaban J connectivity index is 1.56. The molecule has 3 rings (SSSR count). The van der Waals surface area contributed by atoms with Gasteiger partial charge in [-0.3, -0.25) is 4.90 Å². The normalized spacial score (nSPS) is 26.4. The Bertz CT molecular complexity index is 645. The largest absolute Gasteiger partial charge is 0.376 e. The number of ether oxygens (including phenoxy) is 1. The monoisotopic (exact) mass is 404 g/mol. The first kappa shape index (κ1) is 21.5. The first-order valence-corrected chi connectivity index (χ1v) is 11.6. The molecular formula is C22H36N4OS. The molecule has 1 aromatic carbocycles. The third-order valence-electron chi connectivity index (χ3n) is 5.42. The third-order valence-corrected chi connectivity index (χ3v) is 6.96. The van der Waals surface area contributed by atoms with Crippen molar-refractivity contribution in [3.8, 4) is 0 Å². The van der Waals surface area contributed by atoms with Gasteiger partial charge >= 0.3 is 0 Å². The van der Waals surface area contributed by atoms with Crippen LogP contribution in [0.25, 0.3) is 0 Å². The summed E-state index contributed by atoms with van der Waals surface area (Å²) in [6, 6.07) is 8.84. The van der Waals surface area contributed by atoms with Crippen LogP contribution in [0.4, 0.5) is 0 Å². The van der Waals surface area contributed by atoms with Gasteiger partial charge in [0.05, 0.1) is 19.3 Å². The zero-order chi connectivity index (χ0) is 19.8. The summed E-state index contributed by atoms with van der Waals surface area (Å²) < 4.78 is 5.99. The van der Waals surface area contributed by atoms with Crippen LogP contribution in [0, 0.1) is 0 Å². The lowest BCUT2D eigenvalue weighted by Gasteiger charge is -2.31. The number of nitrogens with zero attached hydrogens (tertiary/aromatic N) is 2. The minimum atomic E-state index is 0.329. The van der Waals surface area contributed by atoms with Crippen LogP contribution in [0.2, 0.25) is 0 Å². The number of benzene rings is 1. The van der Waals surface area contributed by atoms with Crippen LogP contribution in [0.1, 0.15) is 44.7 Å². The highest BCUT2D eigenvalue weighted by atomic mass is 32.2. The van der Waals surface area contributed by atoms with Crippen molar-refractivity contribution in [2.45, 2.75) is 57.6 Å². The molecule has 156 valence electrons. The first-order valence-electron chi connectivity index (χ1n) is 10.6. The Morgan fingerprint density at radius 3 is 2.96 bits per heavy atom. The van der Waals surface area contributed by atoms with E-state index in [4.69, 9.17) is 9.73 Å². The molecule has 6 heteroatoms. The highest BCUT2D eigenvalue weighted by molar-refractivity contribution is 8.00. The summed E-state index contributed by atoms with van der Waals surface area (Å²) in [5.74, 6) is 2.20. The number of rotatable bonds is 7. The highest BCUT2D eigenvalue weighted by Crippen LogP contribution is 2.36. The third kappa shape index (κ3) is 6.68. The first-order chi connectivity index (χ1) is 13.6. The molecule has 28 heavy (non-hydrogen) atoms. The van der Waals surface area contributed by atoms with Crippen molar-refractivity contribution in [2.75, 3.05) is 38.5 Å². The van der Waals surface area contributed by atoms with Crippen molar-refractivity contribution in [1.82, 2.24) is 15.5 Å². The number of aliphatic imine (C=N–C) groups is 1. The van der Waals surface area contributed by atoms with Gasteiger partial charge in [-0.15, -0.1) is 0 Å². The predicted octanol–water partition coefficient (Wildman–Crippen LogP) is 3.25. The molecule has 0 spiro atoms. The smallest absolute Gasteiger partial charge is 0.191 e. The van der Waals surface area contributed by atoms with E-state index in [1.807, 2.05) is 0 Å². The maximum Gasteiger partial charge on any atom is 0.191 e. The molecule has 0 amide bonds. The predicted molar refractivity (Wildman–Crippen MR) is 120 cm³/mol. The van der Waals surface area contributed by atoms with Gasteiger partial charge in [-0.05, 0) is 50.5 Å². The molecule has 2 fully saturated rings. The van der Waals surface area contributed by atoms with Crippen LogP contribution in [-0.4, -0.2) is 60.2 Å². The number of hydrogen-bond acceptors (Lipinski definition) is 4. The average molecular weight is 405 g/mol. The van der Waals surface area contributed by atoms with E-state index in [2.05, 4.69) is 72.3 Å². The van der Waals surface area contributed by atoms with Crippen LogP contribution in [0.3, 0.4) is 0 Å². The topological polar surface area (TPSA) is 48.9 Å². The lowest BCUT2D eigenvalue weighted by Crippen LogP contribution is -2.43. The molecule has 2 saturated heterocycles. The number of thioether (sulfide) groups is 1. The van der Waals surface area contributed by atoms with Gasteiger partial charge in [0.2, 0.25) is 0 Å². The summed E-state index contributed by atoms with van der Waals surface area (Å²) in [7, 11) is 0. The van der Waals surface area contributed by atoms with Gasteiger partial charge in [0, 0.05) is 37.5 Å². The molecule has 2 unspecified atom stereocenters. The zero-order valence-electron chi connectivity index (χ0n) is 17.7. The molecular weight excluding hydrogens is 368 g/mol. The summed E-state index contributed by atoms with van der Waals surface area (Å²) in [6.07, 6.45) is 2.94. The minimum Gasteiger partial charge on any atom is -0.376 e. The fraction of sp³-hybridized carbons (Fsp3) is 0.682. The van der Waals surface area contributed by atoms with Crippen molar-refractivity contribution >= 4 is 17.7 Å². The van der Waals surface area contributed by atoms with Gasteiger partial charge in [-0.1, -0.05) is 24.3 Å². The Morgan fingerprint density at radius 2 is 2.21 bits per heavy atom. The fourth-order valence-corrected chi connectivity index (χ4v) is 5.12. The van der Waals surface area contributed by atoms with E-state index in [1.165, 1.54) is 29.7 Å². The Hall–Kier alpha value is -1.24. The van der Waals surface area contributed by atoms with E-state index >= 15 is 0 Å². The van der Waals surface area contributed by atoms with Crippen LogP contribution in [0.5, 0.6) is 0 Å². The van der Waals surface area contributed by atoms with E-state index in [1.54, 1.807) is 0 Å². The van der Waals surface area contributed by atoms with E-state index in [-0.39, 0.29) is 0 Å². The van der Waals surface area contributed by atoms with Crippen LogP contribution < -0.4 is 10.6 Å². The molecule has 2 aliphatic rings. The molecule has 0 aliphatic carbocycles. The van der Waals surface area contributed by atoms with Crippen LogP contribution in [-0.2, 0) is 17.8 Å².